The van der Waals surface area contributed by atoms with E-state index < -0.39 is 5.82 Å². The molecule has 0 fully saturated rings. The third-order valence-corrected chi connectivity index (χ3v) is 3.56. The summed E-state index contributed by atoms with van der Waals surface area (Å²) >= 11 is 5.68. The van der Waals surface area contributed by atoms with Crippen molar-refractivity contribution in [3.8, 4) is 11.5 Å². The second kappa shape index (κ2) is 6.27. The highest BCUT2D eigenvalue weighted by atomic mass is 35.5. The molecule has 2 rings (SSSR count). The highest BCUT2D eigenvalue weighted by Gasteiger charge is 2.09. The van der Waals surface area contributed by atoms with Crippen molar-refractivity contribution in [1.82, 2.24) is 0 Å². The molecular formula is C17H18ClFO. The van der Waals surface area contributed by atoms with E-state index in [4.69, 9.17) is 16.3 Å². The van der Waals surface area contributed by atoms with Gasteiger partial charge in [0.15, 0.2) is 11.6 Å². The van der Waals surface area contributed by atoms with Crippen LogP contribution in [-0.2, 0) is 5.88 Å². The zero-order valence-electron chi connectivity index (χ0n) is 11.9. The van der Waals surface area contributed by atoms with Gasteiger partial charge in [-0.3, -0.25) is 0 Å². The van der Waals surface area contributed by atoms with Gasteiger partial charge in [-0.1, -0.05) is 32.0 Å². The highest BCUT2D eigenvalue weighted by molar-refractivity contribution is 6.17. The molecule has 0 aromatic heterocycles. The van der Waals surface area contributed by atoms with Gasteiger partial charge < -0.3 is 4.74 Å². The van der Waals surface area contributed by atoms with Gasteiger partial charge in [0.25, 0.3) is 0 Å². The molecule has 0 heterocycles. The van der Waals surface area contributed by atoms with Crippen LogP contribution in [-0.4, -0.2) is 0 Å². The normalized spacial score (nSPS) is 10.9. The maximum atomic E-state index is 13.9. The Labute approximate surface area is 124 Å². The van der Waals surface area contributed by atoms with Crippen molar-refractivity contribution in [3.05, 3.63) is 58.9 Å². The Bertz CT molecular complexity index is 608. The average molecular weight is 293 g/mol. The van der Waals surface area contributed by atoms with Crippen LogP contribution in [0.5, 0.6) is 11.5 Å². The molecule has 0 aliphatic rings. The second-order valence-electron chi connectivity index (χ2n) is 5.18. The van der Waals surface area contributed by atoms with E-state index in [-0.39, 0.29) is 5.75 Å². The molecule has 106 valence electrons. The van der Waals surface area contributed by atoms with Crippen LogP contribution in [0.3, 0.4) is 0 Å². The van der Waals surface area contributed by atoms with Crippen LogP contribution in [0.1, 0.15) is 36.5 Å². The Morgan fingerprint density at radius 2 is 1.85 bits per heavy atom. The van der Waals surface area contributed by atoms with Gasteiger partial charge in [-0.25, -0.2) is 4.39 Å². The number of aryl methyl sites for hydroxylation is 1. The molecule has 20 heavy (non-hydrogen) atoms. The van der Waals surface area contributed by atoms with Crippen molar-refractivity contribution in [2.45, 2.75) is 32.6 Å². The standard InChI is InChI=1S/C17H18ClFO/c1-11(2)14-6-4-12(3)17(9-14)20-16-7-5-13(10-18)8-15(16)19/h4-9,11H,10H2,1-3H3. The maximum Gasteiger partial charge on any atom is 0.166 e. The predicted octanol–water partition coefficient (Wildman–Crippen LogP) is 5.79. The lowest BCUT2D eigenvalue weighted by molar-refractivity contribution is 0.438. The van der Waals surface area contributed by atoms with E-state index in [9.17, 15) is 4.39 Å². The minimum Gasteiger partial charge on any atom is -0.454 e. The summed E-state index contributed by atoms with van der Waals surface area (Å²) in [6.07, 6.45) is 0. The van der Waals surface area contributed by atoms with Gasteiger partial charge in [-0.15, -0.1) is 11.6 Å². The van der Waals surface area contributed by atoms with E-state index in [0.717, 1.165) is 11.1 Å². The number of hydrogen-bond acceptors (Lipinski definition) is 1. The molecule has 0 amide bonds. The molecule has 0 saturated heterocycles. The minimum absolute atomic E-state index is 0.225. The van der Waals surface area contributed by atoms with E-state index in [2.05, 4.69) is 19.9 Å². The van der Waals surface area contributed by atoms with E-state index in [1.165, 1.54) is 11.6 Å². The number of rotatable bonds is 4. The van der Waals surface area contributed by atoms with Crippen LogP contribution in [0, 0.1) is 12.7 Å². The Hall–Kier alpha value is -1.54. The predicted molar refractivity (Wildman–Crippen MR) is 81.3 cm³/mol. The average Bonchev–Trinajstić information content (AvgIpc) is 2.42. The first-order chi connectivity index (χ1) is 9.51. The molecule has 1 nitrogen and oxygen atoms in total. The molecule has 0 spiro atoms. The lowest BCUT2D eigenvalue weighted by Crippen LogP contribution is -1.94. The number of hydrogen-bond donors (Lipinski definition) is 0. The van der Waals surface area contributed by atoms with Crippen molar-refractivity contribution in [2.24, 2.45) is 0 Å². The van der Waals surface area contributed by atoms with Crippen molar-refractivity contribution < 1.29 is 9.13 Å². The van der Waals surface area contributed by atoms with Gasteiger partial charge in [0.05, 0.1) is 0 Å². The fourth-order valence-electron chi connectivity index (χ4n) is 1.91. The zero-order valence-corrected chi connectivity index (χ0v) is 12.7. The second-order valence-corrected chi connectivity index (χ2v) is 5.45. The monoisotopic (exact) mass is 292 g/mol. The summed E-state index contributed by atoms with van der Waals surface area (Å²) in [4.78, 5) is 0. The first kappa shape index (κ1) is 14.9. The fourth-order valence-corrected chi connectivity index (χ4v) is 2.08. The van der Waals surface area contributed by atoms with E-state index in [1.54, 1.807) is 12.1 Å². The molecular weight excluding hydrogens is 275 g/mol. The quantitative estimate of drug-likeness (QED) is 0.648. The summed E-state index contributed by atoms with van der Waals surface area (Å²) in [5.41, 5.74) is 2.89. The number of ether oxygens (including phenoxy) is 1. The third-order valence-electron chi connectivity index (χ3n) is 3.25. The van der Waals surface area contributed by atoms with Crippen molar-refractivity contribution in [2.75, 3.05) is 0 Å². The molecule has 0 aliphatic carbocycles. The van der Waals surface area contributed by atoms with Crippen LogP contribution < -0.4 is 4.74 Å². The SMILES string of the molecule is Cc1ccc(C(C)C)cc1Oc1ccc(CCl)cc1F. The molecule has 0 bridgehead atoms. The van der Waals surface area contributed by atoms with Gasteiger partial charge >= 0.3 is 0 Å². The van der Waals surface area contributed by atoms with E-state index in [1.807, 2.05) is 19.1 Å². The largest absolute Gasteiger partial charge is 0.454 e. The van der Waals surface area contributed by atoms with Crippen LogP contribution in [0.25, 0.3) is 0 Å². The Kier molecular flexibility index (Phi) is 4.66. The summed E-state index contributed by atoms with van der Waals surface area (Å²) in [7, 11) is 0. The van der Waals surface area contributed by atoms with E-state index >= 15 is 0 Å². The van der Waals surface area contributed by atoms with Crippen molar-refractivity contribution >= 4 is 11.6 Å². The number of alkyl halides is 1. The van der Waals surface area contributed by atoms with Crippen LogP contribution >= 0.6 is 11.6 Å². The van der Waals surface area contributed by atoms with E-state index in [0.29, 0.717) is 17.5 Å². The summed E-state index contributed by atoms with van der Waals surface area (Å²) in [6, 6.07) is 10.8. The molecule has 0 N–H and O–H groups in total. The first-order valence-electron chi connectivity index (χ1n) is 6.64. The zero-order chi connectivity index (χ0) is 14.7. The molecule has 0 radical (unpaired) electrons. The van der Waals surface area contributed by atoms with Gasteiger partial charge in [-0.05, 0) is 47.7 Å². The minimum atomic E-state index is -0.391. The molecule has 3 heteroatoms. The van der Waals surface area contributed by atoms with Gasteiger partial charge in [0.1, 0.15) is 5.75 Å². The maximum absolute atomic E-state index is 13.9. The topological polar surface area (TPSA) is 9.23 Å². The molecule has 2 aromatic rings. The van der Waals surface area contributed by atoms with Crippen molar-refractivity contribution in [3.63, 3.8) is 0 Å². The number of halogens is 2. The first-order valence-corrected chi connectivity index (χ1v) is 7.17. The lowest BCUT2D eigenvalue weighted by Gasteiger charge is -2.13. The highest BCUT2D eigenvalue weighted by Crippen LogP contribution is 2.30. The fraction of sp³-hybridized carbons (Fsp3) is 0.294. The Morgan fingerprint density at radius 1 is 1.10 bits per heavy atom. The molecule has 0 aliphatic heterocycles. The summed E-state index contributed by atoms with van der Waals surface area (Å²) in [5.74, 6) is 1.22. The van der Waals surface area contributed by atoms with Crippen LogP contribution in [0.15, 0.2) is 36.4 Å². The molecule has 0 unspecified atom stereocenters. The van der Waals surface area contributed by atoms with Crippen LogP contribution in [0.2, 0.25) is 0 Å². The third kappa shape index (κ3) is 3.31. The Morgan fingerprint density at radius 3 is 2.45 bits per heavy atom. The lowest BCUT2D eigenvalue weighted by atomic mass is 10.0. The number of benzene rings is 2. The molecule has 0 atom stereocenters. The van der Waals surface area contributed by atoms with Crippen LogP contribution in [0.4, 0.5) is 4.39 Å². The summed E-state index contributed by atoms with van der Waals surface area (Å²) in [6.45, 7) is 6.18. The smallest absolute Gasteiger partial charge is 0.166 e. The summed E-state index contributed by atoms with van der Waals surface area (Å²) < 4.78 is 19.6. The Balaban J connectivity index is 2.32. The van der Waals surface area contributed by atoms with Gasteiger partial charge in [0, 0.05) is 5.88 Å². The van der Waals surface area contributed by atoms with Crippen molar-refractivity contribution in [1.29, 1.82) is 0 Å². The van der Waals surface area contributed by atoms with Gasteiger partial charge in [-0.2, -0.15) is 0 Å². The van der Waals surface area contributed by atoms with Gasteiger partial charge in [0.2, 0.25) is 0 Å². The molecule has 2 aromatic carbocycles. The molecule has 0 saturated carbocycles. The summed E-state index contributed by atoms with van der Waals surface area (Å²) in [5, 5.41) is 0.